The molecule has 0 unspecified atom stereocenters. The third kappa shape index (κ3) is 8.55. The highest BCUT2D eigenvalue weighted by Gasteiger charge is 2.27. The molecular weight excluding hydrogens is 1170 g/mol. The van der Waals surface area contributed by atoms with Gasteiger partial charge in [-0.05, 0) is 220 Å². The maximum atomic E-state index is 6.72. The van der Waals surface area contributed by atoms with Crippen LogP contribution in [0.2, 0.25) is 0 Å². The van der Waals surface area contributed by atoms with Gasteiger partial charge >= 0.3 is 0 Å². The maximum absolute atomic E-state index is 6.72. The lowest BCUT2D eigenvalue weighted by atomic mass is 9.94. The molecule has 0 saturated carbocycles. The van der Waals surface area contributed by atoms with Crippen LogP contribution in [0.15, 0.2) is 324 Å². The molecule has 17 aromatic rings. The first-order valence-corrected chi connectivity index (χ1v) is 32.8. The van der Waals surface area contributed by atoms with E-state index in [1.807, 2.05) is 12.3 Å². The van der Waals surface area contributed by atoms with E-state index >= 15 is 0 Å². The van der Waals surface area contributed by atoms with E-state index in [4.69, 9.17) is 13.8 Å². The summed E-state index contributed by atoms with van der Waals surface area (Å²) in [5, 5.41) is 11.5. The van der Waals surface area contributed by atoms with Gasteiger partial charge in [-0.3, -0.25) is 0 Å². The van der Waals surface area contributed by atoms with E-state index in [0.29, 0.717) is 5.71 Å². The van der Waals surface area contributed by atoms with Gasteiger partial charge in [-0.15, -0.1) is 0 Å². The van der Waals surface area contributed by atoms with Gasteiger partial charge < -0.3 is 24.0 Å². The first-order valence-electron chi connectivity index (χ1n) is 32.8. The van der Waals surface area contributed by atoms with Crippen LogP contribution < -0.4 is 15.1 Å². The lowest BCUT2D eigenvalue weighted by Crippen LogP contribution is -2.11. The molecule has 3 aromatic heterocycles. The molecule has 0 fully saturated rings. The first kappa shape index (κ1) is 53.8. The molecule has 448 valence electrons. The normalized spacial score (nSPS) is 12.4. The van der Waals surface area contributed by atoms with Gasteiger partial charge in [0.15, 0.2) is 0 Å². The van der Waals surface area contributed by atoms with Crippen LogP contribution >= 0.6 is 0 Å². The highest BCUT2D eigenvalue weighted by Crippen LogP contribution is 2.53. The number of aromatic nitrogens is 1. The van der Waals surface area contributed by atoms with Crippen LogP contribution in [0.4, 0.5) is 34.1 Å². The minimum absolute atomic E-state index is 0.607. The van der Waals surface area contributed by atoms with E-state index in [0.717, 1.165) is 107 Å². The standard InChI is InChI=1S/C90H56N4O2/c1-3-12-55(13-4-1)57-24-31-62(32-25-57)93(63-35-28-59(29-36-63)68-40-42-77-70-19-8-7-18-69(70)74-21-10-20-73(68)88(74)77)66-38-47-86-81(52-66)79-44-45-84(92-90(79)96-86)72-41-43-78-71-39-30-61(51-80(71)76-23-11-22-75(72)89(76)78)58-26-33-64(34-27-58)94(65-17-9-16-60(50-65)56-14-5-2-6-15-56)67-37-46-85-82(53-67)83-54-91-49-48-87(83)95-85/h1-53,91H,54H2. The number of rotatable bonds is 11. The molecule has 6 nitrogen and oxygen atoms in total. The van der Waals surface area contributed by atoms with Crippen molar-refractivity contribution in [3.63, 3.8) is 0 Å². The topological polar surface area (TPSA) is 57.7 Å². The van der Waals surface area contributed by atoms with Crippen molar-refractivity contribution in [1.82, 2.24) is 10.3 Å². The molecule has 3 aliphatic rings. The molecule has 1 N–H and O–H groups in total. The molecule has 1 aliphatic heterocycles. The molecule has 0 atom stereocenters. The van der Waals surface area contributed by atoms with Crippen LogP contribution in [0.3, 0.4) is 0 Å². The van der Waals surface area contributed by atoms with Crippen molar-refractivity contribution in [3.8, 4) is 100 Å². The van der Waals surface area contributed by atoms with E-state index in [2.05, 4.69) is 325 Å². The van der Waals surface area contributed by atoms with Gasteiger partial charge in [0.05, 0.1) is 5.69 Å². The molecule has 0 amide bonds. The fourth-order valence-corrected chi connectivity index (χ4v) is 15.5. The Morgan fingerprint density at radius 1 is 0.281 bits per heavy atom. The molecule has 0 spiro atoms. The second-order valence-corrected chi connectivity index (χ2v) is 25.3. The van der Waals surface area contributed by atoms with E-state index in [1.54, 1.807) is 0 Å². The van der Waals surface area contributed by atoms with Crippen molar-refractivity contribution in [2.75, 3.05) is 9.80 Å². The molecule has 2 aliphatic carbocycles. The zero-order chi connectivity index (χ0) is 63.0. The number of nitrogens with zero attached hydrogens (tertiary/aromatic N) is 3. The van der Waals surface area contributed by atoms with Gasteiger partial charge in [0.25, 0.3) is 0 Å². The molecule has 6 heteroatoms. The lowest BCUT2D eigenvalue weighted by Gasteiger charge is -2.26. The van der Waals surface area contributed by atoms with Crippen LogP contribution in [0.1, 0.15) is 11.3 Å². The number of furan rings is 2. The minimum Gasteiger partial charge on any atom is -0.456 e. The molecular formula is C90H56N4O2. The van der Waals surface area contributed by atoms with Gasteiger partial charge in [0.2, 0.25) is 5.71 Å². The summed E-state index contributed by atoms with van der Waals surface area (Å²) in [7, 11) is 0. The van der Waals surface area contributed by atoms with Crippen LogP contribution in [-0.2, 0) is 6.54 Å². The van der Waals surface area contributed by atoms with Crippen molar-refractivity contribution in [3.05, 3.63) is 327 Å². The molecule has 0 radical (unpaired) electrons. The van der Waals surface area contributed by atoms with Crippen molar-refractivity contribution < 1.29 is 8.83 Å². The summed E-state index contributed by atoms with van der Waals surface area (Å²) in [6.45, 7) is 0.721. The number of pyridine rings is 1. The van der Waals surface area contributed by atoms with Crippen LogP contribution in [0.5, 0.6) is 0 Å². The Bertz CT molecular complexity index is 6040. The number of benzene rings is 14. The summed E-state index contributed by atoms with van der Waals surface area (Å²) in [5.41, 5.74) is 31.2. The van der Waals surface area contributed by atoms with Gasteiger partial charge in [0.1, 0.15) is 16.9 Å². The SMILES string of the molecule is C1=Cc2oc3ccc(N(c4ccc(-c5ccc6c(c5)-c5cccc7c(-c8ccc9c(n8)oc8ccc(N(c%10ccc(-c%11ccccc%11)cc%10)c%10ccc(-c%11ccc%12c%13c(cccc%11%13)-c%11ccccc%11-%12)cc%10)cc89)ccc-6c57)cc4)c4cccc(-c5ccccc5)c4)cc3c2CN1. The molecule has 4 heterocycles. The molecule has 0 saturated heterocycles. The van der Waals surface area contributed by atoms with Crippen LogP contribution in [-0.4, -0.2) is 4.98 Å². The summed E-state index contributed by atoms with van der Waals surface area (Å²) in [5.74, 6) is 0.909. The summed E-state index contributed by atoms with van der Waals surface area (Å²) in [6.07, 6.45) is 3.97. The zero-order valence-corrected chi connectivity index (χ0v) is 52.0. The number of hydrogen-bond acceptors (Lipinski definition) is 6. The van der Waals surface area contributed by atoms with Crippen molar-refractivity contribution >= 4 is 94.8 Å². The molecule has 14 aromatic carbocycles. The van der Waals surface area contributed by atoms with E-state index < -0.39 is 0 Å². The molecule has 96 heavy (non-hydrogen) atoms. The Kier molecular flexibility index (Phi) is 12.0. The van der Waals surface area contributed by atoms with Gasteiger partial charge in [-0.25, -0.2) is 4.98 Å². The fraction of sp³-hybridized carbons (Fsp3) is 0.0111. The Morgan fingerprint density at radius 3 is 1.43 bits per heavy atom. The zero-order valence-electron chi connectivity index (χ0n) is 52.0. The number of hydrogen-bond donors (Lipinski definition) is 1. The Labute approximate surface area is 554 Å². The summed E-state index contributed by atoms with van der Waals surface area (Å²) < 4.78 is 13.0. The Balaban J connectivity index is 0.624. The highest BCUT2D eigenvalue weighted by molar-refractivity contribution is 6.20. The lowest BCUT2D eigenvalue weighted by molar-refractivity contribution is 0.592. The number of fused-ring (bicyclic) bond motifs is 12. The predicted molar refractivity (Wildman–Crippen MR) is 398 cm³/mol. The monoisotopic (exact) mass is 1220 g/mol. The van der Waals surface area contributed by atoms with E-state index in [-0.39, 0.29) is 0 Å². The number of nitrogens with one attached hydrogen (secondary N) is 1. The average Bonchev–Trinajstić information content (AvgIpc) is 1.57. The van der Waals surface area contributed by atoms with Gasteiger partial charge in [-0.2, -0.15) is 0 Å². The van der Waals surface area contributed by atoms with Crippen molar-refractivity contribution in [2.45, 2.75) is 6.54 Å². The second kappa shape index (κ2) is 21.4. The largest absolute Gasteiger partial charge is 0.456 e. The summed E-state index contributed by atoms with van der Waals surface area (Å²) in [4.78, 5) is 10.0. The fourth-order valence-electron chi connectivity index (χ4n) is 15.5. The van der Waals surface area contributed by atoms with Gasteiger partial charge in [0, 0.05) is 74.2 Å². The van der Waals surface area contributed by atoms with E-state index in [9.17, 15) is 0 Å². The predicted octanol–water partition coefficient (Wildman–Crippen LogP) is 24.7. The summed E-state index contributed by atoms with van der Waals surface area (Å²) in [6, 6.07) is 113. The summed E-state index contributed by atoms with van der Waals surface area (Å²) >= 11 is 0. The van der Waals surface area contributed by atoms with E-state index in [1.165, 1.54) is 94.0 Å². The highest BCUT2D eigenvalue weighted by atomic mass is 16.3. The quantitative estimate of drug-likeness (QED) is 0.139. The third-order valence-corrected chi connectivity index (χ3v) is 20.1. The number of anilines is 6. The van der Waals surface area contributed by atoms with Gasteiger partial charge in [-0.1, -0.05) is 206 Å². The molecule has 20 rings (SSSR count). The first-order chi connectivity index (χ1) is 47.6. The maximum Gasteiger partial charge on any atom is 0.227 e. The van der Waals surface area contributed by atoms with Crippen LogP contribution in [0, 0.1) is 0 Å². The third-order valence-electron chi connectivity index (χ3n) is 20.1. The Morgan fingerprint density at radius 2 is 0.740 bits per heavy atom. The minimum atomic E-state index is 0.607. The Hall–Kier alpha value is -12.8. The molecule has 0 bridgehead atoms. The van der Waals surface area contributed by atoms with Crippen molar-refractivity contribution in [1.29, 1.82) is 0 Å². The van der Waals surface area contributed by atoms with Crippen LogP contribution in [0.25, 0.3) is 161 Å². The second-order valence-electron chi connectivity index (χ2n) is 25.3. The average molecular weight is 1230 g/mol. The van der Waals surface area contributed by atoms with Crippen molar-refractivity contribution in [2.24, 2.45) is 0 Å². The smallest absolute Gasteiger partial charge is 0.227 e.